The van der Waals surface area contributed by atoms with Crippen LogP contribution in [0.15, 0.2) is 47.3 Å². The van der Waals surface area contributed by atoms with E-state index in [4.69, 9.17) is 17.4 Å². The zero-order chi connectivity index (χ0) is 14.3. The molecule has 3 aromatic rings. The molecule has 100 valence electrons. The molecule has 0 spiro atoms. The number of halogens is 1. The molecule has 3 rings (SSSR count). The Labute approximate surface area is 120 Å². The van der Waals surface area contributed by atoms with E-state index in [0.717, 1.165) is 15.8 Å². The SMILES string of the molecule is Cc1ccc2nc(-c3ccc(Cl)cc3)n(N)c(=O)c2c1. The van der Waals surface area contributed by atoms with Crippen LogP contribution >= 0.6 is 11.6 Å². The average Bonchev–Trinajstić information content (AvgIpc) is 2.44. The van der Waals surface area contributed by atoms with Crippen LogP contribution in [-0.2, 0) is 0 Å². The number of benzene rings is 2. The minimum absolute atomic E-state index is 0.261. The lowest BCUT2D eigenvalue weighted by Gasteiger charge is -2.09. The van der Waals surface area contributed by atoms with Crippen molar-refractivity contribution in [2.45, 2.75) is 6.92 Å². The fourth-order valence-electron chi connectivity index (χ4n) is 2.12. The summed E-state index contributed by atoms with van der Waals surface area (Å²) in [6.07, 6.45) is 0. The van der Waals surface area contributed by atoms with Gasteiger partial charge in [-0.1, -0.05) is 23.2 Å². The number of hydrogen-bond acceptors (Lipinski definition) is 3. The fraction of sp³-hybridized carbons (Fsp3) is 0.0667. The first-order valence-corrected chi connectivity index (χ1v) is 6.48. The second-order valence-electron chi connectivity index (χ2n) is 4.64. The normalized spacial score (nSPS) is 10.9. The molecule has 1 aromatic heterocycles. The van der Waals surface area contributed by atoms with Gasteiger partial charge in [0.2, 0.25) is 0 Å². The average molecular weight is 286 g/mol. The van der Waals surface area contributed by atoms with Crippen LogP contribution in [0.3, 0.4) is 0 Å². The second kappa shape index (κ2) is 4.65. The number of nitrogen functional groups attached to an aromatic ring is 1. The van der Waals surface area contributed by atoms with Crippen molar-refractivity contribution in [1.82, 2.24) is 9.66 Å². The van der Waals surface area contributed by atoms with Gasteiger partial charge in [0, 0.05) is 10.6 Å². The summed E-state index contributed by atoms with van der Waals surface area (Å²) in [7, 11) is 0. The summed E-state index contributed by atoms with van der Waals surface area (Å²) >= 11 is 5.86. The summed E-state index contributed by atoms with van der Waals surface area (Å²) in [6, 6.07) is 12.6. The molecule has 0 saturated heterocycles. The van der Waals surface area contributed by atoms with Crippen LogP contribution in [0.4, 0.5) is 0 Å². The maximum absolute atomic E-state index is 12.3. The van der Waals surface area contributed by atoms with E-state index in [1.807, 2.05) is 19.1 Å². The van der Waals surface area contributed by atoms with Crippen molar-refractivity contribution < 1.29 is 0 Å². The molecule has 0 aliphatic rings. The molecule has 20 heavy (non-hydrogen) atoms. The fourth-order valence-corrected chi connectivity index (χ4v) is 2.24. The smallest absolute Gasteiger partial charge is 0.280 e. The van der Waals surface area contributed by atoms with Crippen molar-refractivity contribution in [3.05, 3.63) is 63.4 Å². The summed E-state index contributed by atoms with van der Waals surface area (Å²) in [5, 5.41) is 1.14. The lowest BCUT2D eigenvalue weighted by molar-refractivity contribution is 0.927. The lowest BCUT2D eigenvalue weighted by Crippen LogP contribution is -2.29. The van der Waals surface area contributed by atoms with Crippen LogP contribution in [-0.4, -0.2) is 9.66 Å². The molecule has 0 bridgehead atoms. The predicted octanol–water partition coefficient (Wildman–Crippen LogP) is 2.74. The van der Waals surface area contributed by atoms with Crippen molar-refractivity contribution in [1.29, 1.82) is 0 Å². The van der Waals surface area contributed by atoms with Crippen LogP contribution in [0.5, 0.6) is 0 Å². The monoisotopic (exact) mass is 285 g/mol. The Bertz CT molecular complexity index is 853. The minimum Gasteiger partial charge on any atom is -0.334 e. The van der Waals surface area contributed by atoms with Crippen molar-refractivity contribution in [3.8, 4) is 11.4 Å². The number of aryl methyl sites for hydroxylation is 1. The number of nitrogens with zero attached hydrogens (tertiary/aromatic N) is 2. The summed E-state index contributed by atoms with van der Waals surface area (Å²) < 4.78 is 1.07. The highest BCUT2D eigenvalue weighted by molar-refractivity contribution is 6.30. The summed E-state index contributed by atoms with van der Waals surface area (Å²) in [4.78, 5) is 16.8. The minimum atomic E-state index is -0.261. The van der Waals surface area contributed by atoms with E-state index in [9.17, 15) is 4.79 Å². The molecular formula is C15H12ClN3O. The number of nitrogens with two attached hydrogens (primary N) is 1. The van der Waals surface area contributed by atoms with E-state index < -0.39 is 0 Å². The van der Waals surface area contributed by atoms with Gasteiger partial charge >= 0.3 is 0 Å². The van der Waals surface area contributed by atoms with Crippen LogP contribution in [0.25, 0.3) is 22.3 Å². The topological polar surface area (TPSA) is 60.9 Å². The van der Waals surface area contributed by atoms with Gasteiger partial charge in [-0.3, -0.25) is 4.79 Å². The third-order valence-corrected chi connectivity index (χ3v) is 3.41. The zero-order valence-electron chi connectivity index (χ0n) is 10.8. The van der Waals surface area contributed by atoms with Gasteiger partial charge in [0.25, 0.3) is 5.56 Å². The Hall–Kier alpha value is -2.33. The van der Waals surface area contributed by atoms with Gasteiger partial charge in [-0.15, -0.1) is 0 Å². The molecule has 0 radical (unpaired) electrons. The highest BCUT2D eigenvalue weighted by Gasteiger charge is 2.10. The maximum Gasteiger partial charge on any atom is 0.280 e. The van der Waals surface area contributed by atoms with Gasteiger partial charge in [-0.2, -0.15) is 0 Å². The van der Waals surface area contributed by atoms with Gasteiger partial charge in [-0.05, 0) is 43.3 Å². The van der Waals surface area contributed by atoms with Gasteiger partial charge in [0.05, 0.1) is 10.9 Å². The summed E-state index contributed by atoms with van der Waals surface area (Å²) in [5.74, 6) is 6.30. The third-order valence-electron chi connectivity index (χ3n) is 3.16. The molecule has 5 heteroatoms. The Morgan fingerprint density at radius 3 is 2.55 bits per heavy atom. The molecule has 0 aliphatic heterocycles. The molecule has 2 N–H and O–H groups in total. The molecule has 4 nitrogen and oxygen atoms in total. The highest BCUT2D eigenvalue weighted by atomic mass is 35.5. The standard InChI is InChI=1S/C15H12ClN3O/c1-9-2-7-13-12(8-9)15(20)19(17)14(18-13)10-3-5-11(16)6-4-10/h2-8H,17H2,1H3. The van der Waals surface area contributed by atoms with Crippen LogP contribution in [0.1, 0.15) is 5.56 Å². The number of hydrogen-bond donors (Lipinski definition) is 1. The first-order chi connectivity index (χ1) is 9.56. The summed E-state index contributed by atoms with van der Waals surface area (Å²) in [5.41, 5.74) is 2.11. The molecule has 1 heterocycles. The van der Waals surface area contributed by atoms with Gasteiger partial charge in [-0.25, -0.2) is 9.66 Å². The van der Waals surface area contributed by atoms with Crippen LogP contribution < -0.4 is 11.4 Å². The molecule has 0 fully saturated rings. The Morgan fingerprint density at radius 1 is 1.15 bits per heavy atom. The lowest BCUT2D eigenvalue weighted by atomic mass is 10.1. The van der Waals surface area contributed by atoms with Crippen LogP contribution in [0.2, 0.25) is 5.02 Å². The number of rotatable bonds is 1. The molecule has 0 atom stereocenters. The molecular weight excluding hydrogens is 274 g/mol. The van der Waals surface area contributed by atoms with E-state index in [-0.39, 0.29) is 5.56 Å². The Morgan fingerprint density at radius 2 is 1.85 bits per heavy atom. The molecule has 0 saturated carbocycles. The Balaban J connectivity index is 2.32. The first kappa shape index (κ1) is 12.7. The molecule has 0 amide bonds. The van der Waals surface area contributed by atoms with Crippen molar-refractivity contribution >= 4 is 22.5 Å². The van der Waals surface area contributed by atoms with Gasteiger partial charge in [0.15, 0.2) is 5.82 Å². The zero-order valence-corrected chi connectivity index (χ0v) is 11.6. The van der Waals surface area contributed by atoms with E-state index in [1.165, 1.54) is 0 Å². The van der Waals surface area contributed by atoms with E-state index in [0.29, 0.717) is 21.7 Å². The van der Waals surface area contributed by atoms with Gasteiger partial charge in [0.1, 0.15) is 0 Å². The number of fused-ring (bicyclic) bond motifs is 1. The maximum atomic E-state index is 12.3. The quantitative estimate of drug-likeness (QED) is 0.699. The second-order valence-corrected chi connectivity index (χ2v) is 5.07. The van der Waals surface area contributed by atoms with E-state index in [1.54, 1.807) is 30.3 Å². The molecule has 2 aromatic carbocycles. The predicted molar refractivity (Wildman–Crippen MR) is 81.3 cm³/mol. The largest absolute Gasteiger partial charge is 0.334 e. The van der Waals surface area contributed by atoms with Crippen LogP contribution in [0, 0.1) is 6.92 Å². The third kappa shape index (κ3) is 2.04. The van der Waals surface area contributed by atoms with Crippen molar-refractivity contribution in [2.24, 2.45) is 0 Å². The summed E-state index contributed by atoms with van der Waals surface area (Å²) in [6.45, 7) is 1.92. The van der Waals surface area contributed by atoms with E-state index in [2.05, 4.69) is 4.98 Å². The number of aromatic nitrogens is 2. The van der Waals surface area contributed by atoms with Gasteiger partial charge < -0.3 is 5.84 Å². The van der Waals surface area contributed by atoms with Crippen molar-refractivity contribution in [2.75, 3.05) is 5.84 Å². The molecule has 0 unspecified atom stereocenters. The first-order valence-electron chi connectivity index (χ1n) is 6.11. The Kier molecular flexibility index (Phi) is 2.95. The van der Waals surface area contributed by atoms with Crippen molar-refractivity contribution in [3.63, 3.8) is 0 Å². The molecule has 0 aliphatic carbocycles. The highest BCUT2D eigenvalue weighted by Crippen LogP contribution is 2.20. The van der Waals surface area contributed by atoms with E-state index >= 15 is 0 Å².